The van der Waals surface area contributed by atoms with E-state index in [1.165, 1.54) is 42.5 Å². The Morgan fingerprint density at radius 2 is 2.00 bits per heavy atom. The molecular formula is C17H21ClN2. The number of nitrogens with zero attached hydrogens (tertiary/aromatic N) is 1. The van der Waals surface area contributed by atoms with Crippen LogP contribution >= 0.6 is 11.6 Å². The maximum atomic E-state index is 6.27. The summed E-state index contributed by atoms with van der Waals surface area (Å²) in [6.07, 6.45) is 5.19. The zero-order chi connectivity index (χ0) is 14.1. The third kappa shape index (κ3) is 2.49. The number of aromatic nitrogens is 1. The average Bonchev–Trinajstić information content (AvgIpc) is 2.95. The molecule has 20 heavy (non-hydrogen) atoms. The molecular weight excluding hydrogens is 268 g/mol. The van der Waals surface area contributed by atoms with Crippen molar-refractivity contribution >= 4 is 28.2 Å². The van der Waals surface area contributed by atoms with Crippen LogP contribution < -0.4 is 5.32 Å². The lowest BCUT2D eigenvalue weighted by molar-refractivity contribution is 0.701. The molecule has 2 aromatic rings. The van der Waals surface area contributed by atoms with E-state index >= 15 is 0 Å². The first-order valence-corrected chi connectivity index (χ1v) is 7.91. The average molecular weight is 289 g/mol. The molecule has 0 aliphatic heterocycles. The van der Waals surface area contributed by atoms with Gasteiger partial charge in [-0.25, -0.2) is 0 Å². The molecule has 1 N–H and O–H groups in total. The fraction of sp³-hybridized carbons (Fsp3) is 0.471. The summed E-state index contributed by atoms with van der Waals surface area (Å²) >= 11 is 6.27. The molecule has 1 aromatic carbocycles. The predicted octanol–water partition coefficient (Wildman–Crippen LogP) is 5.29. The molecule has 0 saturated heterocycles. The first-order valence-electron chi connectivity index (χ1n) is 7.53. The summed E-state index contributed by atoms with van der Waals surface area (Å²) in [5.41, 5.74) is 4.54. The Balaban J connectivity index is 2.16. The van der Waals surface area contributed by atoms with Gasteiger partial charge in [0.05, 0.1) is 5.52 Å². The van der Waals surface area contributed by atoms with Gasteiger partial charge in [0.25, 0.3) is 0 Å². The van der Waals surface area contributed by atoms with Gasteiger partial charge in [-0.15, -0.1) is 0 Å². The molecule has 1 saturated carbocycles. The van der Waals surface area contributed by atoms with E-state index in [1.807, 2.05) is 13.0 Å². The summed E-state index contributed by atoms with van der Waals surface area (Å²) in [5, 5.41) is 5.46. The first kappa shape index (κ1) is 13.7. The number of pyridine rings is 1. The van der Waals surface area contributed by atoms with Crippen molar-refractivity contribution in [1.29, 1.82) is 0 Å². The zero-order valence-corrected chi connectivity index (χ0v) is 12.9. The minimum Gasteiger partial charge on any atom is -0.385 e. The van der Waals surface area contributed by atoms with Gasteiger partial charge >= 0.3 is 0 Å². The summed E-state index contributed by atoms with van der Waals surface area (Å²) in [6, 6.07) is 6.39. The third-order valence-electron chi connectivity index (χ3n) is 4.25. The lowest BCUT2D eigenvalue weighted by Crippen LogP contribution is -2.03. The van der Waals surface area contributed by atoms with Crippen molar-refractivity contribution in [3.63, 3.8) is 0 Å². The Labute approximate surface area is 125 Å². The van der Waals surface area contributed by atoms with E-state index in [2.05, 4.69) is 24.4 Å². The Bertz CT molecular complexity index is 630. The summed E-state index contributed by atoms with van der Waals surface area (Å²) in [6.45, 7) is 5.09. The van der Waals surface area contributed by atoms with E-state index in [1.54, 1.807) is 0 Å². The van der Waals surface area contributed by atoms with Crippen LogP contribution in [0, 0.1) is 6.92 Å². The van der Waals surface area contributed by atoms with E-state index in [0.717, 1.165) is 22.6 Å². The Kier molecular flexibility index (Phi) is 3.84. The van der Waals surface area contributed by atoms with Crippen LogP contribution in [0.5, 0.6) is 0 Å². The monoisotopic (exact) mass is 288 g/mol. The molecule has 3 rings (SSSR count). The maximum Gasteiger partial charge on any atom is 0.0741 e. The predicted molar refractivity (Wildman–Crippen MR) is 86.9 cm³/mol. The Hall–Kier alpha value is -1.28. The smallest absolute Gasteiger partial charge is 0.0741 e. The number of rotatable bonds is 3. The molecule has 106 valence electrons. The molecule has 1 aliphatic rings. The molecule has 0 bridgehead atoms. The number of nitrogens with one attached hydrogen (secondary N) is 1. The molecule has 1 heterocycles. The van der Waals surface area contributed by atoms with Gasteiger partial charge in [0, 0.05) is 34.3 Å². The molecule has 3 heteroatoms. The van der Waals surface area contributed by atoms with Gasteiger partial charge in [0.2, 0.25) is 0 Å². The summed E-state index contributed by atoms with van der Waals surface area (Å²) in [4.78, 5) is 4.88. The largest absolute Gasteiger partial charge is 0.385 e. The van der Waals surface area contributed by atoms with E-state index in [9.17, 15) is 0 Å². The highest BCUT2D eigenvalue weighted by Crippen LogP contribution is 2.37. The van der Waals surface area contributed by atoms with Gasteiger partial charge in [0.15, 0.2) is 0 Å². The van der Waals surface area contributed by atoms with Crippen LogP contribution in [0.4, 0.5) is 5.69 Å². The number of fused-ring (bicyclic) bond motifs is 1. The number of halogens is 1. The van der Waals surface area contributed by atoms with E-state index in [4.69, 9.17) is 16.6 Å². The van der Waals surface area contributed by atoms with Crippen LogP contribution in [-0.4, -0.2) is 11.5 Å². The normalized spacial score (nSPS) is 15.9. The van der Waals surface area contributed by atoms with Gasteiger partial charge in [-0.3, -0.25) is 4.98 Å². The Morgan fingerprint density at radius 1 is 1.25 bits per heavy atom. The fourth-order valence-electron chi connectivity index (χ4n) is 3.14. The standard InChI is InChI=1S/C17H21ClN2/c1-3-19-16-10-15(12-6-4-5-7-12)20-17-9-14(18)11(2)8-13(16)17/h8-10,12H,3-7H2,1-2H3,(H,19,20). The van der Waals surface area contributed by atoms with Crippen LogP contribution in [0.3, 0.4) is 0 Å². The molecule has 0 amide bonds. The van der Waals surface area contributed by atoms with Crippen molar-refractivity contribution in [2.45, 2.75) is 45.4 Å². The molecule has 0 spiro atoms. The molecule has 0 atom stereocenters. The Morgan fingerprint density at radius 3 is 2.70 bits per heavy atom. The van der Waals surface area contributed by atoms with Crippen molar-refractivity contribution in [3.05, 3.63) is 34.5 Å². The van der Waals surface area contributed by atoms with Crippen molar-refractivity contribution in [2.75, 3.05) is 11.9 Å². The highest BCUT2D eigenvalue weighted by Gasteiger charge is 2.20. The molecule has 1 aromatic heterocycles. The SMILES string of the molecule is CCNc1cc(C2CCCC2)nc2cc(Cl)c(C)cc12. The summed E-state index contributed by atoms with van der Waals surface area (Å²) in [5.74, 6) is 0.622. The number of aryl methyl sites for hydroxylation is 1. The highest BCUT2D eigenvalue weighted by molar-refractivity contribution is 6.32. The number of hydrogen-bond donors (Lipinski definition) is 1. The van der Waals surface area contributed by atoms with Gasteiger partial charge in [-0.05, 0) is 50.5 Å². The summed E-state index contributed by atoms with van der Waals surface area (Å²) in [7, 11) is 0. The first-order chi connectivity index (χ1) is 9.69. The molecule has 0 unspecified atom stereocenters. The van der Waals surface area contributed by atoms with Crippen LogP contribution in [0.25, 0.3) is 10.9 Å². The number of anilines is 1. The van der Waals surface area contributed by atoms with Gasteiger partial charge in [0.1, 0.15) is 0 Å². The van der Waals surface area contributed by atoms with Gasteiger partial charge in [-0.1, -0.05) is 24.4 Å². The molecule has 0 radical (unpaired) electrons. The highest BCUT2D eigenvalue weighted by atomic mass is 35.5. The fourth-order valence-corrected chi connectivity index (χ4v) is 3.30. The second-order valence-electron chi connectivity index (χ2n) is 5.72. The molecule has 1 fully saturated rings. The van der Waals surface area contributed by atoms with E-state index in [-0.39, 0.29) is 0 Å². The van der Waals surface area contributed by atoms with Crippen LogP contribution in [0.15, 0.2) is 18.2 Å². The third-order valence-corrected chi connectivity index (χ3v) is 4.66. The lowest BCUT2D eigenvalue weighted by Gasteiger charge is -2.15. The van der Waals surface area contributed by atoms with E-state index in [0.29, 0.717) is 5.92 Å². The molecule has 2 nitrogen and oxygen atoms in total. The minimum absolute atomic E-state index is 0.622. The van der Waals surface area contributed by atoms with Gasteiger partial charge < -0.3 is 5.32 Å². The second kappa shape index (κ2) is 5.61. The number of hydrogen-bond acceptors (Lipinski definition) is 2. The van der Waals surface area contributed by atoms with Crippen molar-refractivity contribution in [1.82, 2.24) is 4.98 Å². The quantitative estimate of drug-likeness (QED) is 0.830. The maximum absolute atomic E-state index is 6.27. The van der Waals surface area contributed by atoms with Crippen LogP contribution in [-0.2, 0) is 0 Å². The van der Waals surface area contributed by atoms with E-state index < -0.39 is 0 Å². The number of benzene rings is 1. The summed E-state index contributed by atoms with van der Waals surface area (Å²) < 4.78 is 0. The lowest BCUT2D eigenvalue weighted by atomic mass is 10.0. The molecule has 1 aliphatic carbocycles. The van der Waals surface area contributed by atoms with Gasteiger partial charge in [-0.2, -0.15) is 0 Å². The van der Waals surface area contributed by atoms with Crippen LogP contribution in [0.2, 0.25) is 5.02 Å². The van der Waals surface area contributed by atoms with Crippen molar-refractivity contribution < 1.29 is 0 Å². The van der Waals surface area contributed by atoms with Crippen LogP contribution in [0.1, 0.15) is 49.8 Å². The minimum atomic E-state index is 0.622. The zero-order valence-electron chi connectivity index (χ0n) is 12.2. The van der Waals surface area contributed by atoms with Crippen molar-refractivity contribution in [2.24, 2.45) is 0 Å². The second-order valence-corrected chi connectivity index (χ2v) is 6.13. The topological polar surface area (TPSA) is 24.9 Å². The van der Waals surface area contributed by atoms with Crippen molar-refractivity contribution in [3.8, 4) is 0 Å².